The molecule has 3 rings (SSSR count). The normalized spacial score (nSPS) is 19.7. The number of amides is 1. The number of carbonyl (C=O) groups is 1. The molecule has 1 amide bonds. The van der Waals surface area contributed by atoms with Gasteiger partial charge in [0, 0.05) is 50.4 Å². The van der Waals surface area contributed by atoms with Crippen LogP contribution in [0.4, 0.5) is 0 Å². The molecule has 1 aliphatic heterocycles. The van der Waals surface area contributed by atoms with Crippen LogP contribution in [0, 0.1) is 0 Å². The molecule has 1 fully saturated rings. The summed E-state index contributed by atoms with van der Waals surface area (Å²) in [4.78, 5) is 20.0. The fourth-order valence-corrected chi connectivity index (χ4v) is 4.93. The number of benzene rings is 2. The number of halogens is 1. The smallest absolute Gasteiger partial charge is 0.253 e. The summed E-state index contributed by atoms with van der Waals surface area (Å²) in [5.74, 6) is 0.933. The van der Waals surface area contributed by atoms with Crippen molar-refractivity contribution in [3.05, 3.63) is 77.9 Å². The van der Waals surface area contributed by atoms with Gasteiger partial charge in [-0.2, -0.15) is 0 Å². The van der Waals surface area contributed by atoms with E-state index in [0.29, 0.717) is 25.2 Å². The predicted molar refractivity (Wildman–Crippen MR) is 143 cm³/mol. The van der Waals surface area contributed by atoms with Gasteiger partial charge in [0.2, 0.25) is 0 Å². The van der Waals surface area contributed by atoms with Gasteiger partial charge in [-0.05, 0) is 63.1 Å². The maximum absolute atomic E-state index is 13.1. The zero-order chi connectivity index (χ0) is 24.0. The van der Waals surface area contributed by atoms with Gasteiger partial charge < -0.3 is 9.64 Å². The highest BCUT2D eigenvalue weighted by Gasteiger charge is 2.34. The van der Waals surface area contributed by atoms with Crippen molar-refractivity contribution in [1.29, 1.82) is 0 Å². The molecule has 1 saturated heterocycles. The van der Waals surface area contributed by atoms with Crippen molar-refractivity contribution in [2.45, 2.75) is 45.8 Å². The minimum Gasteiger partial charge on any atom is -0.497 e. The van der Waals surface area contributed by atoms with Crippen LogP contribution in [0.2, 0.25) is 0 Å². The Morgan fingerprint density at radius 2 is 1.74 bits per heavy atom. The maximum atomic E-state index is 13.1. The average molecular weight is 486 g/mol. The molecule has 0 aromatic heterocycles. The Morgan fingerprint density at radius 3 is 2.35 bits per heavy atom. The van der Waals surface area contributed by atoms with Crippen LogP contribution in [0.1, 0.15) is 55.2 Å². The van der Waals surface area contributed by atoms with Crippen LogP contribution < -0.4 is 4.74 Å². The van der Waals surface area contributed by atoms with Crippen LogP contribution >= 0.6 is 12.4 Å². The number of carbonyl (C=O) groups excluding carboxylic acids is 1. The number of hydrogen-bond acceptors (Lipinski definition) is 4. The summed E-state index contributed by atoms with van der Waals surface area (Å²) in [7, 11) is 1.70. The highest BCUT2D eigenvalue weighted by atomic mass is 35.5. The second-order valence-electron chi connectivity index (χ2n) is 8.92. The number of ether oxygens (including phenoxy) is 1. The first-order valence-electron chi connectivity index (χ1n) is 12.1. The molecule has 0 aliphatic carbocycles. The van der Waals surface area contributed by atoms with E-state index in [2.05, 4.69) is 54.5 Å². The van der Waals surface area contributed by atoms with E-state index in [4.69, 9.17) is 4.74 Å². The van der Waals surface area contributed by atoms with Crippen molar-refractivity contribution >= 4 is 18.3 Å². The van der Waals surface area contributed by atoms with Crippen LogP contribution in [0.5, 0.6) is 5.75 Å². The Labute approximate surface area is 211 Å². The molecule has 1 aliphatic rings. The van der Waals surface area contributed by atoms with Gasteiger partial charge in [0.25, 0.3) is 5.91 Å². The lowest BCUT2D eigenvalue weighted by molar-refractivity contribution is 0.0306. The number of hydrogen-bond donors (Lipinski definition) is 0. The van der Waals surface area contributed by atoms with E-state index in [1.807, 2.05) is 49.1 Å². The van der Waals surface area contributed by atoms with Crippen molar-refractivity contribution in [2.75, 3.05) is 39.8 Å². The second kappa shape index (κ2) is 12.9. The molecule has 0 bridgehead atoms. The predicted octanol–water partition coefficient (Wildman–Crippen LogP) is 5.27. The Hall–Kier alpha value is -2.34. The summed E-state index contributed by atoms with van der Waals surface area (Å²) in [6, 6.07) is 17.3. The van der Waals surface area contributed by atoms with Crippen LogP contribution in [0.15, 0.2) is 61.2 Å². The average Bonchev–Trinajstić information content (AvgIpc) is 2.83. The number of methoxy groups -OCH3 is 1. The topological polar surface area (TPSA) is 36.0 Å². The molecular formula is C28H40ClN3O2. The lowest BCUT2D eigenvalue weighted by atomic mass is 9.92. The Morgan fingerprint density at radius 1 is 1.09 bits per heavy atom. The summed E-state index contributed by atoms with van der Waals surface area (Å²) in [6.45, 7) is 16.8. The Bertz CT molecular complexity index is 947. The van der Waals surface area contributed by atoms with Gasteiger partial charge in [-0.3, -0.25) is 14.6 Å². The highest BCUT2D eigenvalue weighted by Crippen LogP contribution is 2.35. The number of nitrogens with zero attached hydrogens (tertiary/aromatic N) is 3. The molecule has 2 aromatic carbocycles. The standard InChI is InChI=1S/C28H39N3O2.ClH/c1-7-16-30-19-22(5)31(20-21(30)4)27(24-13-11-15-26(18-24)33-6)23-12-10-14-25(17-23)28(32)29(8-2)9-3;/h7,10-15,17-18,21-22,27H,1,8-9,16,19-20H2,2-6H3;1H/t21-,22+,27-;/m1./s1. The Kier molecular flexibility index (Phi) is 10.6. The molecule has 34 heavy (non-hydrogen) atoms. The molecule has 186 valence electrons. The highest BCUT2D eigenvalue weighted by molar-refractivity contribution is 5.94. The van der Waals surface area contributed by atoms with E-state index in [9.17, 15) is 4.79 Å². The summed E-state index contributed by atoms with van der Waals surface area (Å²) in [5.41, 5.74) is 3.06. The lowest BCUT2D eigenvalue weighted by Gasteiger charge is -2.47. The van der Waals surface area contributed by atoms with Gasteiger partial charge in [0.05, 0.1) is 13.2 Å². The summed E-state index contributed by atoms with van der Waals surface area (Å²) in [6.07, 6.45) is 1.99. The minimum atomic E-state index is 0. The fraction of sp³-hybridized carbons (Fsp3) is 0.464. The molecule has 2 aromatic rings. The number of piperazine rings is 1. The van der Waals surface area contributed by atoms with Gasteiger partial charge in [0.1, 0.15) is 5.75 Å². The maximum Gasteiger partial charge on any atom is 0.253 e. The molecule has 0 N–H and O–H groups in total. The minimum absolute atomic E-state index is 0. The van der Waals surface area contributed by atoms with Crippen LogP contribution in [-0.4, -0.2) is 72.5 Å². The zero-order valence-corrected chi connectivity index (χ0v) is 22.1. The van der Waals surface area contributed by atoms with E-state index < -0.39 is 0 Å². The third-order valence-electron chi connectivity index (χ3n) is 6.77. The van der Waals surface area contributed by atoms with Crippen molar-refractivity contribution in [2.24, 2.45) is 0 Å². The van der Waals surface area contributed by atoms with Crippen LogP contribution in [0.25, 0.3) is 0 Å². The molecule has 0 saturated carbocycles. The van der Waals surface area contributed by atoms with Gasteiger partial charge in [-0.25, -0.2) is 0 Å². The van der Waals surface area contributed by atoms with Gasteiger partial charge in [-0.1, -0.05) is 30.3 Å². The monoisotopic (exact) mass is 485 g/mol. The fourth-order valence-electron chi connectivity index (χ4n) is 4.93. The zero-order valence-electron chi connectivity index (χ0n) is 21.2. The van der Waals surface area contributed by atoms with E-state index in [0.717, 1.165) is 36.5 Å². The lowest BCUT2D eigenvalue weighted by Crippen LogP contribution is -2.57. The van der Waals surface area contributed by atoms with Crippen LogP contribution in [0.3, 0.4) is 0 Å². The van der Waals surface area contributed by atoms with Gasteiger partial charge in [0.15, 0.2) is 0 Å². The molecule has 3 atom stereocenters. The van der Waals surface area contributed by atoms with Crippen molar-refractivity contribution in [3.8, 4) is 5.75 Å². The molecule has 0 radical (unpaired) electrons. The van der Waals surface area contributed by atoms with Gasteiger partial charge >= 0.3 is 0 Å². The molecule has 5 nitrogen and oxygen atoms in total. The second-order valence-corrected chi connectivity index (χ2v) is 8.92. The molecule has 0 spiro atoms. The van der Waals surface area contributed by atoms with E-state index in [-0.39, 0.29) is 24.4 Å². The molecular weight excluding hydrogens is 446 g/mol. The van der Waals surface area contributed by atoms with E-state index in [1.54, 1.807) is 7.11 Å². The largest absolute Gasteiger partial charge is 0.497 e. The third-order valence-corrected chi connectivity index (χ3v) is 6.77. The first kappa shape index (κ1) is 27.9. The Balaban J connectivity index is 0.00000408. The quantitative estimate of drug-likeness (QED) is 0.453. The first-order chi connectivity index (χ1) is 15.9. The van der Waals surface area contributed by atoms with Crippen molar-refractivity contribution in [1.82, 2.24) is 14.7 Å². The number of rotatable bonds is 9. The van der Waals surface area contributed by atoms with Crippen LogP contribution in [-0.2, 0) is 0 Å². The van der Waals surface area contributed by atoms with E-state index >= 15 is 0 Å². The van der Waals surface area contributed by atoms with E-state index in [1.165, 1.54) is 5.56 Å². The van der Waals surface area contributed by atoms with Crippen molar-refractivity contribution in [3.63, 3.8) is 0 Å². The molecule has 0 unspecified atom stereocenters. The first-order valence-corrected chi connectivity index (χ1v) is 12.1. The third kappa shape index (κ3) is 6.21. The van der Waals surface area contributed by atoms with Crippen molar-refractivity contribution < 1.29 is 9.53 Å². The SMILES string of the molecule is C=CCN1C[C@H](C)N([C@@H](c2cccc(OC)c2)c2cccc(C(=O)N(CC)CC)c2)C[C@H]1C.Cl. The molecule has 1 heterocycles. The summed E-state index contributed by atoms with van der Waals surface area (Å²) in [5, 5.41) is 0. The summed E-state index contributed by atoms with van der Waals surface area (Å²) < 4.78 is 5.55. The molecule has 6 heteroatoms. The summed E-state index contributed by atoms with van der Waals surface area (Å²) >= 11 is 0. The van der Waals surface area contributed by atoms with Gasteiger partial charge in [-0.15, -0.1) is 19.0 Å².